The molecule has 3 aromatic rings. The summed E-state index contributed by atoms with van der Waals surface area (Å²) in [4.78, 5) is 49.1. The summed E-state index contributed by atoms with van der Waals surface area (Å²) in [5.74, 6) is -2.59. The van der Waals surface area contributed by atoms with Crippen LogP contribution in [-0.4, -0.2) is 39.3 Å². The molecule has 0 radical (unpaired) electrons. The molecule has 3 rings (SSSR count). The number of carboxylic acid groups (broad SMARTS) is 1. The number of carbonyl (C=O) groups is 3. The number of amides is 1. The molecule has 36 heavy (non-hydrogen) atoms. The average molecular weight is 534 g/mol. The largest absolute Gasteiger partial charge is 0.478 e. The number of ether oxygens (including phenoxy) is 1. The Labute approximate surface area is 217 Å². The van der Waals surface area contributed by atoms with Crippen molar-refractivity contribution in [2.45, 2.75) is 39.7 Å². The number of aromatic nitrogens is 2. The number of benzene rings is 2. The smallest absolute Gasteiger partial charge is 0.338 e. The molecular weight excluding hydrogens is 509 g/mol. The number of aryl methyl sites for hydroxylation is 1. The summed E-state index contributed by atoms with van der Waals surface area (Å²) in [6.45, 7) is 3.72. The third-order valence-electron chi connectivity index (χ3n) is 5.37. The number of nitrogens with one attached hydrogen (secondary N) is 2. The highest BCUT2D eigenvalue weighted by atomic mass is 35.5. The maximum absolute atomic E-state index is 12.9. The van der Waals surface area contributed by atoms with Gasteiger partial charge in [0.15, 0.2) is 0 Å². The van der Waals surface area contributed by atoms with Crippen LogP contribution in [0.2, 0.25) is 10.0 Å². The molecule has 0 spiro atoms. The predicted octanol–water partition coefficient (Wildman–Crippen LogP) is 4.54. The lowest BCUT2D eigenvalue weighted by atomic mass is 10.0. The van der Waals surface area contributed by atoms with Gasteiger partial charge >= 0.3 is 11.9 Å². The maximum Gasteiger partial charge on any atom is 0.338 e. The molecular formula is C25H25Cl2N3O6. The van der Waals surface area contributed by atoms with Crippen LogP contribution in [-0.2, 0) is 28.9 Å². The van der Waals surface area contributed by atoms with E-state index in [0.29, 0.717) is 24.1 Å². The number of esters is 1. The van der Waals surface area contributed by atoms with Crippen molar-refractivity contribution in [1.82, 2.24) is 9.78 Å². The Bertz CT molecular complexity index is 1350. The number of nitrogens with zero attached hydrogens (tertiary/aromatic N) is 1. The second-order valence-electron chi connectivity index (χ2n) is 7.93. The first-order valence-corrected chi connectivity index (χ1v) is 12.0. The number of carbonyl (C=O) groups excluding carboxylic acids is 2. The van der Waals surface area contributed by atoms with E-state index in [4.69, 9.17) is 27.9 Å². The first-order valence-electron chi connectivity index (χ1n) is 11.2. The highest BCUT2D eigenvalue weighted by Crippen LogP contribution is 2.28. The third-order valence-corrected chi connectivity index (χ3v) is 6.00. The molecule has 0 saturated carbocycles. The van der Waals surface area contributed by atoms with E-state index in [2.05, 4.69) is 10.4 Å². The summed E-state index contributed by atoms with van der Waals surface area (Å²) in [6.07, 6.45) is 1.76. The van der Waals surface area contributed by atoms with Gasteiger partial charge in [-0.3, -0.25) is 19.5 Å². The number of aromatic amines is 1. The Kier molecular flexibility index (Phi) is 8.95. The quantitative estimate of drug-likeness (QED) is 0.328. The summed E-state index contributed by atoms with van der Waals surface area (Å²) < 4.78 is 6.19. The normalized spacial score (nSPS) is 10.8. The standard InChI is InChI=1S/C25H25Cl2N3O6/c1-3-5-19-16(24(33)30(29-19)13-20(31)36-4-2)12-14-6-8-15(9-7-14)28-23(32)21-17(26)10-11-18(27)22(21)25(34)35/h6-11,29H,3-5,12-13H2,1-2H3,(H,28,32)(H,34,35). The van der Waals surface area contributed by atoms with E-state index in [9.17, 15) is 24.3 Å². The van der Waals surface area contributed by atoms with Crippen molar-refractivity contribution >= 4 is 46.7 Å². The van der Waals surface area contributed by atoms with Crippen LogP contribution < -0.4 is 10.9 Å². The van der Waals surface area contributed by atoms with Gasteiger partial charge in [0, 0.05) is 23.4 Å². The van der Waals surface area contributed by atoms with Gasteiger partial charge in [0.1, 0.15) is 6.54 Å². The van der Waals surface area contributed by atoms with Crippen molar-refractivity contribution in [2.75, 3.05) is 11.9 Å². The van der Waals surface area contributed by atoms with Crippen LogP contribution in [0.1, 0.15) is 57.8 Å². The zero-order valence-electron chi connectivity index (χ0n) is 19.7. The highest BCUT2D eigenvalue weighted by molar-refractivity contribution is 6.39. The van der Waals surface area contributed by atoms with Crippen LogP contribution in [0.4, 0.5) is 5.69 Å². The van der Waals surface area contributed by atoms with Crippen LogP contribution in [0.25, 0.3) is 0 Å². The van der Waals surface area contributed by atoms with Gasteiger partial charge < -0.3 is 15.2 Å². The van der Waals surface area contributed by atoms with Crippen LogP contribution in [0.5, 0.6) is 0 Å². The van der Waals surface area contributed by atoms with E-state index in [1.54, 1.807) is 31.2 Å². The van der Waals surface area contributed by atoms with Crippen LogP contribution in [0.3, 0.4) is 0 Å². The van der Waals surface area contributed by atoms with Crippen LogP contribution in [0, 0.1) is 0 Å². The third kappa shape index (κ3) is 6.16. The zero-order chi connectivity index (χ0) is 26.4. The second-order valence-corrected chi connectivity index (χ2v) is 8.74. The minimum atomic E-state index is -1.37. The van der Waals surface area contributed by atoms with E-state index in [0.717, 1.165) is 17.7 Å². The van der Waals surface area contributed by atoms with Crippen molar-refractivity contribution in [2.24, 2.45) is 0 Å². The van der Waals surface area contributed by atoms with Crippen molar-refractivity contribution in [3.05, 3.63) is 84.7 Å². The fourth-order valence-electron chi connectivity index (χ4n) is 3.75. The predicted molar refractivity (Wildman–Crippen MR) is 136 cm³/mol. The van der Waals surface area contributed by atoms with E-state index < -0.39 is 17.8 Å². The SMILES string of the molecule is CCCc1[nH]n(CC(=O)OCC)c(=O)c1Cc1ccc(NC(=O)c2c(Cl)ccc(Cl)c2C(=O)O)cc1. The van der Waals surface area contributed by atoms with Crippen molar-refractivity contribution in [3.8, 4) is 0 Å². The lowest BCUT2D eigenvalue weighted by Gasteiger charge is -2.11. The van der Waals surface area contributed by atoms with E-state index in [-0.39, 0.29) is 39.9 Å². The van der Waals surface area contributed by atoms with Crippen LogP contribution in [0.15, 0.2) is 41.2 Å². The Morgan fingerprint density at radius 2 is 1.67 bits per heavy atom. The topological polar surface area (TPSA) is 130 Å². The Hall–Kier alpha value is -3.56. The molecule has 0 saturated heterocycles. The zero-order valence-corrected chi connectivity index (χ0v) is 21.2. The molecule has 0 bridgehead atoms. The van der Waals surface area contributed by atoms with E-state index in [1.165, 1.54) is 16.8 Å². The minimum Gasteiger partial charge on any atom is -0.478 e. The van der Waals surface area contributed by atoms with Crippen molar-refractivity contribution in [3.63, 3.8) is 0 Å². The van der Waals surface area contributed by atoms with Gasteiger partial charge in [-0.05, 0) is 43.2 Å². The molecule has 9 nitrogen and oxygen atoms in total. The highest BCUT2D eigenvalue weighted by Gasteiger charge is 2.23. The number of halogens is 2. The average Bonchev–Trinajstić information content (AvgIpc) is 3.10. The van der Waals surface area contributed by atoms with Gasteiger partial charge in [0.2, 0.25) is 0 Å². The molecule has 0 aliphatic rings. The fraction of sp³-hybridized carbons (Fsp3) is 0.280. The van der Waals surface area contributed by atoms with Crippen molar-refractivity contribution in [1.29, 1.82) is 0 Å². The van der Waals surface area contributed by atoms with Gasteiger partial charge in [0.25, 0.3) is 11.5 Å². The number of H-pyrrole nitrogens is 1. The summed E-state index contributed by atoms with van der Waals surface area (Å²) in [6, 6.07) is 9.42. The Morgan fingerprint density at radius 3 is 2.25 bits per heavy atom. The number of hydrogen-bond donors (Lipinski definition) is 3. The molecule has 1 amide bonds. The molecule has 1 aromatic heterocycles. The first-order chi connectivity index (χ1) is 17.2. The number of aromatic carboxylic acids is 1. The summed E-state index contributed by atoms with van der Waals surface area (Å²) in [5, 5.41) is 14.9. The summed E-state index contributed by atoms with van der Waals surface area (Å²) >= 11 is 12.0. The molecule has 0 fully saturated rings. The molecule has 190 valence electrons. The molecule has 1 heterocycles. The molecule has 2 aromatic carbocycles. The Morgan fingerprint density at radius 1 is 1.03 bits per heavy atom. The molecule has 0 aliphatic heterocycles. The van der Waals surface area contributed by atoms with Gasteiger partial charge in [-0.25, -0.2) is 9.48 Å². The van der Waals surface area contributed by atoms with Gasteiger partial charge in [0.05, 0.1) is 27.8 Å². The molecule has 0 atom stereocenters. The summed E-state index contributed by atoms with van der Waals surface area (Å²) in [7, 11) is 0. The van der Waals surface area contributed by atoms with Gasteiger partial charge in [-0.2, -0.15) is 0 Å². The number of anilines is 1. The van der Waals surface area contributed by atoms with E-state index in [1.807, 2.05) is 6.92 Å². The molecule has 11 heteroatoms. The number of carboxylic acids is 1. The van der Waals surface area contributed by atoms with Gasteiger partial charge in [-0.1, -0.05) is 48.7 Å². The Balaban J connectivity index is 1.81. The van der Waals surface area contributed by atoms with Crippen molar-refractivity contribution < 1.29 is 24.2 Å². The second kappa shape index (κ2) is 11.9. The lowest BCUT2D eigenvalue weighted by Crippen LogP contribution is -2.24. The first kappa shape index (κ1) is 27.0. The van der Waals surface area contributed by atoms with E-state index >= 15 is 0 Å². The molecule has 0 aliphatic carbocycles. The van der Waals surface area contributed by atoms with Crippen LogP contribution >= 0.6 is 23.2 Å². The van der Waals surface area contributed by atoms with Gasteiger partial charge in [-0.15, -0.1) is 0 Å². The molecule has 3 N–H and O–H groups in total. The monoisotopic (exact) mass is 533 g/mol. The molecule has 0 unspecified atom stereocenters. The lowest BCUT2D eigenvalue weighted by molar-refractivity contribution is -0.144. The maximum atomic E-state index is 12.9. The summed E-state index contributed by atoms with van der Waals surface area (Å²) in [5.41, 5.74) is 1.60. The minimum absolute atomic E-state index is 0.0408. The number of hydrogen-bond acceptors (Lipinski definition) is 5. The number of rotatable bonds is 10. The fourth-order valence-corrected chi connectivity index (χ4v) is 4.23.